The van der Waals surface area contributed by atoms with Crippen molar-refractivity contribution in [2.45, 2.75) is 19.3 Å². The molecule has 0 atom stereocenters. The van der Waals surface area contributed by atoms with Gasteiger partial charge in [-0.25, -0.2) is 0 Å². The Kier molecular flexibility index (Phi) is 4.14. The SMILES string of the molecule is O=C(CN1CCCC1=O)NCC1=CCNCC1. The first-order valence-electron chi connectivity index (χ1n) is 6.19. The number of carbonyl (C=O) groups is 2. The van der Waals surface area contributed by atoms with Crippen LogP contribution in [-0.4, -0.2) is 49.4 Å². The number of rotatable bonds is 4. The molecule has 1 saturated heterocycles. The Bertz CT molecular complexity index is 339. The van der Waals surface area contributed by atoms with E-state index in [9.17, 15) is 9.59 Å². The summed E-state index contributed by atoms with van der Waals surface area (Å²) in [4.78, 5) is 24.6. The second-order valence-corrected chi connectivity index (χ2v) is 4.51. The van der Waals surface area contributed by atoms with Crippen molar-refractivity contribution in [2.75, 3.05) is 32.7 Å². The summed E-state index contributed by atoms with van der Waals surface area (Å²) in [6.45, 7) is 3.41. The lowest BCUT2D eigenvalue weighted by Gasteiger charge is -2.17. The summed E-state index contributed by atoms with van der Waals surface area (Å²) in [7, 11) is 0. The fourth-order valence-corrected chi connectivity index (χ4v) is 2.14. The van der Waals surface area contributed by atoms with Gasteiger partial charge < -0.3 is 15.5 Å². The zero-order valence-electron chi connectivity index (χ0n) is 10.00. The van der Waals surface area contributed by atoms with E-state index < -0.39 is 0 Å². The number of carbonyl (C=O) groups excluding carboxylic acids is 2. The second kappa shape index (κ2) is 5.82. The summed E-state index contributed by atoms with van der Waals surface area (Å²) in [6.07, 6.45) is 4.57. The van der Waals surface area contributed by atoms with Gasteiger partial charge in [-0.15, -0.1) is 0 Å². The van der Waals surface area contributed by atoms with Crippen LogP contribution in [0.4, 0.5) is 0 Å². The third-order valence-electron chi connectivity index (χ3n) is 3.18. The van der Waals surface area contributed by atoms with Gasteiger partial charge in [0.25, 0.3) is 0 Å². The molecule has 0 radical (unpaired) electrons. The largest absolute Gasteiger partial charge is 0.351 e. The smallest absolute Gasteiger partial charge is 0.239 e. The molecule has 2 rings (SSSR count). The maximum Gasteiger partial charge on any atom is 0.239 e. The quantitative estimate of drug-likeness (QED) is 0.657. The molecule has 0 saturated carbocycles. The van der Waals surface area contributed by atoms with Crippen molar-refractivity contribution < 1.29 is 9.59 Å². The molecule has 2 N–H and O–H groups in total. The van der Waals surface area contributed by atoms with Gasteiger partial charge in [-0.05, 0) is 19.4 Å². The van der Waals surface area contributed by atoms with Crippen molar-refractivity contribution in [1.82, 2.24) is 15.5 Å². The van der Waals surface area contributed by atoms with Crippen molar-refractivity contribution in [3.8, 4) is 0 Å². The minimum atomic E-state index is -0.0558. The Morgan fingerprint density at radius 1 is 1.47 bits per heavy atom. The van der Waals surface area contributed by atoms with Crippen molar-refractivity contribution in [3.63, 3.8) is 0 Å². The highest BCUT2D eigenvalue weighted by atomic mass is 16.2. The molecule has 0 aromatic carbocycles. The van der Waals surface area contributed by atoms with Crippen molar-refractivity contribution in [3.05, 3.63) is 11.6 Å². The third-order valence-corrected chi connectivity index (χ3v) is 3.18. The number of nitrogens with zero attached hydrogens (tertiary/aromatic N) is 1. The predicted octanol–water partition coefficient (Wildman–Crippen LogP) is -0.355. The first-order chi connectivity index (χ1) is 8.25. The van der Waals surface area contributed by atoms with E-state index in [-0.39, 0.29) is 18.4 Å². The number of hydrogen-bond acceptors (Lipinski definition) is 3. The highest BCUT2D eigenvalue weighted by Crippen LogP contribution is 2.08. The molecule has 0 aromatic rings. The van der Waals surface area contributed by atoms with Crippen LogP contribution in [0.5, 0.6) is 0 Å². The van der Waals surface area contributed by atoms with Gasteiger partial charge in [0.2, 0.25) is 11.8 Å². The van der Waals surface area contributed by atoms with Crippen LogP contribution in [0.2, 0.25) is 0 Å². The zero-order chi connectivity index (χ0) is 12.1. The van der Waals surface area contributed by atoms with Crippen LogP contribution in [0, 0.1) is 0 Å². The maximum atomic E-state index is 11.6. The van der Waals surface area contributed by atoms with Gasteiger partial charge in [0.1, 0.15) is 0 Å². The van der Waals surface area contributed by atoms with E-state index in [4.69, 9.17) is 0 Å². The van der Waals surface area contributed by atoms with E-state index in [0.717, 1.165) is 32.5 Å². The Labute approximate surface area is 101 Å². The Morgan fingerprint density at radius 2 is 2.35 bits per heavy atom. The molecule has 17 heavy (non-hydrogen) atoms. The Hall–Kier alpha value is -1.36. The first kappa shape index (κ1) is 12.1. The molecule has 2 aliphatic rings. The third kappa shape index (κ3) is 3.56. The van der Waals surface area contributed by atoms with Crippen molar-refractivity contribution in [1.29, 1.82) is 0 Å². The first-order valence-corrected chi connectivity index (χ1v) is 6.19. The summed E-state index contributed by atoms with van der Waals surface area (Å²) in [5, 5.41) is 6.10. The van der Waals surface area contributed by atoms with Crippen LogP contribution in [-0.2, 0) is 9.59 Å². The van der Waals surface area contributed by atoms with Gasteiger partial charge in [-0.1, -0.05) is 11.6 Å². The van der Waals surface area contributed by atoms with Gasteiger partial charge in [0, 0.05) is 26.1 Å². The van der Waals surface area contributed by atoms with E-state index >= 15 is 0 Å². The zero-order valence-corrected chi connectivity index (χ0v) is 10.00. The van der Waals surface area contributed by atoms with Gasteiger partial charge in [0.05, 0.1) is 6.54 Å². The van der Waals surface area contributed by atoms with Crippen LogP contribution < -0.4 is 10.6 Å². The molecule has 0 bridgehead atoms. The Morgan fingerprint density at radius 3 is 3.00 bits per heavy atom. The number of nitrogens with one attached hydrogen (secondary N) is 2. The van der Waals surface area contributed by atoms with Gasteiger partial charge >= 0.3 is 0 Å². The van der Waals surface area contributed by atoms with Gasteiger partial charge in [0.15, 0.2) is 0 Å². The minimum absolute atomic E-state index is 0.0558. The molecule has 5 nitrogen and oxygen atoms in total. The molecule has 94 valence electrons. The average molecular weight is 237 g/mol. The fraction of sp³-hybridized carbons (Fsp3) is 0.667. The number of likely N-dealkylation sites (tertiary alicyclic amines) is 1. The average Bonchev–Trinajstić information content (AvgIpc) is 2.74. The van der Waals surface area contributed by atoms with Crippen LogP contribution in [0.25, 0.3) is 0 Å². The van der Waals surface area contributed by atoms with Crippen molar-refractivity contribution in [2.24, 2.45) is 0 Å². The van der Waals surface area contributed by atoms with Crippen LogP contribution in [0.3, 0.4) is 0 Å². The molecule has 2 aliphatic heterocycles. The molecule has 0 aliphatic carbocycles. The molecule has 2 amide bonds. The normalized spacial score (nSPS) is 20.4. The van der Waals surface area contributed by atoms with E-state index in [2.05, 4.69) is 16.7 Å². The van der Waals surface area contributed by atoms with Gasteiger partial charge in [-0.3, -0.25) is 9.59 Å². The van der Waals surface area contributed by atoms with E-state index in [1.165, 1.54) is 5.57 Å². The standard InChI is InChI=1S/C12H19N3O2/c16-11(9-15-7-1-2-12(15)17)14-8-10-3-5-13-6-4-10/h3,13H,1-2,4-9H2,(H,14,16). The summed E-state index contributed by atoms with van der Waals surface area (Å²) in [6, 6.07) is 0. The highest BCUT2D eigenvalue weighted by Gasteiger charge is 2.22. The molecule has 0 spiro atoms. The molecule has 0 aromatic heterocycles. The molecular formula is C12H19N3O2. The molecule has 0 unspecified atom stereocenters. The summed E-state index contributed by atoms with van der Waals surface area (Å²) >= 11 is 0. The predicted molar refractivity (Wildman–Crippen MR) is 64.4 cm³/mol. The number of hydrogen-bond donors (Lipinski definition) is 2. The summed E-state index contributed by atoms with van der Waals surface area (Å²) < 4.78 is 0. The summed E-state index contributed by atoms with van der Waals surface area (Å²) in [5.74, 6) is 0.0425. The highest BCUT2D eigenvalue weighted by molar-refractivity contribution is 5.85. The van der Waals surface area contributed by atoms with E-state index in [1.54, 1.807) is 4.90 Å². The second-order valence-electron chi connectivity index (χ2n) is 4.51. The lowest BCUT2D eigenvalue weighted by molar-refractivity contribution is -0.133. The maximum absolute atomic E-state index is 11.6. The molecule has 1 fully saturated rings. The lowest BCUT2D eigenvalue weighted by atomic mass is 10.1. The Balaban J connectivity index is 1.70. The minimum Gasteiger partial charge on any atom is -0.351 e. The molecule has 5 heteroatoms. The van der Waals surface area contributed by atoms with Gasteiger partial charge in [-0.2, -0.15) is 0 Å². The molecular weight excluding hydrogens is 218 g/mol. The van der Waals surface area contributed by atoms with Crippen LogP contribution in [0.1, 0.15) is 19.3 Å². The lowest BCUT2D eigenvalue weighted by Crippen LogP contribution is -2.39. The van der Waals surface area contributed by atoms with E-state index in [1.807, 2.05) is 0 Å². The van der Waals surface area contributed by atoms with Crippen molar-refractivity contribution >= 4 is 11.8 Å². The number of amides is 2. The fourth-order valence-electron chi connectivity index (χ4n) is 2.14. The monoisotopic (exact) mass is 237 g/mol. The topological polar surface area (TPSA) is 61.4 Å². The van der Waals surface area contributed by atoms with Crippen LogP contribution in [0.15, 0.2) is 11.6 Å². The summed E-state index contributed by atoms with van der Waals surface area (Å²) in [5.41, 5.74) is 1.27. The molecule has 2 heterocycles. The van der Waals surface area contributed by atoms with Crippen LogP contribution >= 0.6 is 0 Å². The van der Waals surface area contributed by atoms with E-state index in [0.29, 0.717) is 13.0 Å².